The number of hydrogen-bond donors (Lipinski definition) is 3. The molecule has 0 radical (unpaired) electrons. The molecule has 1 saturated heterocycles. The van der Waals surface area contributed by atoms with Gasteiger partial charge in [0, 0.05) is 36.7 Å². The van der Waals surface area contributed by atoms with Gasteiger partial charge in [-0.25, -0.2) is 4.79 Å². The zero-order valence-electron chi connectivity index (χ0n) is 23.0. The van der Waals surface area contributed by atoms with E-state index >= 15 is 0 Å². The van der Waals surface area contributed by atoms with Crippen molar-refractivity contribution in [1.82, 2.24) is 5.32 Å². The molecule has 1 heterocycles. The topological polar surface area (TPSA) is 73.5 Å². The van der Waals surface area contributed by atoms with E-state index in [9.17, 15) is 9.59 Å². The van der Waals surface area contributed by atoms with E-state index in [4.69, 9.17) is 0 Å². The van der Waals surface area contributed by atoms with Gasteiger partial charge in [0.05, 0.1) is 5.56 Å². The lowest BCUT2D eigenvalue weighted by molar-refractivity contribution is 0.0949. The number of urea groups is 1. The molecule has 3 N–H and O–H groups in total. The van der Waals surface area contributed by atoms with Crippen LogP contribution in [0.1, 0.15) is 53.7 Å². The molecular formula is C32H40N4O2. The van der Waals surface area contributed by atoms with Crippen LogP contribution < -0.4 is 20.9 Å². The Morgan fingerprint density at radius 3 is 2.37 bits per heavy atom. The standard InChI is InChI=1S/C32H40N4O2/c1-22(2)21-33-31(37)28-20-27(34-32(38)35-29-12-8-9-23(3)24(29)4)13-14-30(28)36-17-15-26(16-18-36)19-25-10-6-5-7-11-25/h5-14,20,22,26H,15-19,21H2,1-4H3,(H,33,37)(H2,34,35,38). The fourth-order valence-electron chi connectivity index (χ4n) is 4.96. The lowest BCUT2D eigenvalue weighted by atomic mass is 9.89. The molecule has 200 valence electrons. The largest absolute Gasteiger partial charge is 0.371 e. The number of rotatable bonds is 8. The van der Waals surface area contributed by atoms with E-state index in [1.807, 2.05) is 44.2 Å². The lowest BCUT2D eigenvalue weighted by Crippen LogP contribution is -2.36. The quantitative estimate of drug-likeness (QED) is 0.311. The second kappa shape index (κ2) is 12.6. The molecule has 1 fully saturated rings. The minimum Gasteiger partial charge on any atom is -0.371 e. The first-order valence-electron chi connectivity index (χ1n) is 13.7. The highest BCUT2D eigenvalue weighted by molar-refractivity contribution is 6.04. The summed E-state index contributed by atoms with van der Waals surface area (Å²) in [6.07, 6.45) is 3.26. The van der Waals surface area contributed by atoms with Crippen molar-refractivity contribution < 1.29 is 9.59 Å². The molecular weight excluding hydrogens is 472 g/mol. The average molecular weight is 513 g/mol. The van der Waals surface area contributed by atoms with Crippen LogP contribution in [0.25, 0.3) is 0 Å². The summed E-state index contributed by atoms with van der Waals surface area (Å²) in [6.45, 7) is 10.6. The summed E-state index contributed by atoms with van der Waals surface area (Å²) < 4.78 is 0. The zero-order valence-corrected chi connectivity index (χ0v) is 23.0. The van der Waals surface area contributed by atoms with Crippen molar-refractivity contribution in [3.63, 3.8) is 0 Å². The summed E-state index contributed by atoms with van der Waals surface area (Å²) in [4.78, 5) is 28.4. The van der Waals surface area contributed by atoms with E-state index < -0.39 is 0 Å². The number of hydrogen-bond acceptors (Lipinski definition) is 3. The van der Waals surface area contributed by atoms with Gasteiger partial charge in [-0.05, 0) is 85.9 Å². The second-order valence-electron chi connectivity index (χ2n) is 10.8. The number of benzene rings is 3. The third kappa shape index (κ3) is 7.15. The molecule has 6 heteroatoms. The van der Waals surface area contributed by atoms with Gasteiger partial charge in [0.1, 0.15) is 0 Å². The van der Waals surface area contributed by atoms with Crippen molar-refractivity contribution in [3.05, 3.63) is 89.0 Å². The van der Waals surface area contributed by atoms with Crippen LogP contribution >= 0.6 is 0 Å². The molecule has 0 aromatic heterocycles. The first-order chi connectivity index (χ1) is 18.3. The average Bonchev–Trinajstić information content (AvgIpc) is 2.91. The molecule has 0 atom stereocenters. The maximum atomic E-state index is 13.3. The Labute approximate surface area is 226 Å². The Kier molecular flexibility index (Phi) is 9.06. The van der Waals surface area contributed by atoms with Gasteiger partial charge >= 0.3 is 6.03 Å². The highest BCUT2D eigenvalue weighted by Gasteiger charge is 2.24. The number of carbonyl (C=O) groups excluding carboxylic acids is 2. The molecule has 38 heavy (non-hydrogen) atoms. The lowest BCUT2D eigenvalue weighted by Gasteiger charge is -2.35. The summed E-state index contributed by atoms with van der Waals surface area (Å²) in [6, 6.07) is 21.8. The predicted octanol–water partition coefficient (Wildman–Crippen LogP) is 6.79. The number of carbonyl (C=O) groups is 2. The third-order valence-corrected chi connectivity index (χ3v) is 7.35. The van der Waals surface area contributed by atoms with Gasteiger partial charge in [-0.3, -0.25) is 4.79 Å². The van der Waals surface area contributed by atoms with Crippen LogP contribution in [-0.2, 0) is 6.42 Å². The number of aryl methyl sites for hydroxylation is 1. The maximum absolute atomic E-state index is 13.3. The Hall–Kier alpha value is -3.80. The monoisotopic (exact) mass is 512 g/mol. The Morgan fingerprint density at radius 2 is 1.66 bits per heavy atom. The summed E-state index contributed by atoms with van der Waals surface area (Å²) >= 11 is 0. The number of nitrogens with zero attached hydrogens (tertiary/aromatic N) is 1. The number of amides is 3. The van der Waals surface area contributed by atoms with Crippen molar-refractivity contribution in [2.75, 3.05) is 35.2 Å². The molecule has 0 aliphatic carbocycles. The Bertz CT molecular complexity index is 1250. The Morgan fingerprint density at radius 1 is 0.921 bits per heavy atom. The number of piperidine rings is 1. The van der Waals surface area contributed by atoms with Gasteiger partial charge in [0.2, 0.25) is 0 Å². The van der Waals surface area contributed by atoms with Crippen LogP contribution in [0, 0.1) is 25.7 Å². The summed E-state index contributed by atoms with van der Waals surface area (Å²) in [5.41, 5.74) is 6.40. The molecule has 3 amide bonds. The fraction of sp³-hybridized carbons (Fsp3) is 0.375. The smallest absolute Gasteiger partial charge is 0.323 e. The predicted molar refractivity (Wildman–Crippen MR) is 157 cm³/mol. The molecule has 1 aliphatic heterocycles. The molecule has 0 saturated carbocycles. The van der Waals surface area contributed by atoms with Crippen LogP contribution in [0.4, 0.5) is 21.9 Å². The summed E-state index contributed by atoms with van der Waals surface area (Å²) in [5.74, 6) is 0.876. The van der Waals surface area contributed by atoms with E-state index in [-0.39, 0.29) is 11.9 Å². The highest BCUT2D eigenvalue weighted by Crippen LogP contribution is 2.30. The van der Waals surface area contributed by atoms with Gasteiger partial charge in [-0.1, -0.05) is 56.3 Å². The van der Waals surface area contributed by atoms with Gasteiger partial charge in [0.25, 0.3) is 5.91 Å². The second-order valence-corrected chi connectivity index (χ2v) is 10.8. The van der Waals surface area contributed by atoms with Crippen molar-refractivity contribution >= 4 is 29.0 Å². The van der Waals surface area contributed by atoms with Crippen molar-refractivity contribution in [3.8, 4) is 0 Å². The summed E-state index contributed by atoms with van der Waals surface area (Å²) in [5, 5.41) is 8.90. The minimum atomic E-state index is -0.332. The van der Waals surface area contributed by atoms with E-state index in [2.05, 4.69) is 65.0 Å². The molecule has 0 spiro atoms. The zero-order chi connectivity index (χ0) is 27.1. The normalized spacial score (nSPS) is 13.9. The van der Waals surface area contributed by atoms with E-state index in [1.165, 1.54) is 5.56 Å². The van der Waals surface area contributed by atoms with E-state index in [0.29, 0.717) is 29.6 Å². The molecule has 4 rings (SSSR count). The first-order valence-corrected chi connectivity index (χ1v) is 13.7. The Balaban J connectivity index is 1.47. The van der Waals surface area contributed by atoms with Gasteiger partial charge in [-0.15, -0.1) is 0 Å². The van der Waals surface area contributed by atoms with Crippen LogP contribution in [0.15, 0.2) is 66.7 Å². The minimum absolute atomic E-state index is 0.112. The molecule has 3 aromatic rings. The van der Waals surface area contributed by atoms with Gasteiger partial charge in [-0.2, -0.15) is 0 Å². The number of nitrogens with one attached hydrogen (secondary N) is 3. The molecule has 0 bridgehead atoms. The first kappa shape index (κ1) is 27.2. The molecule has 0 unspecified atom stereocenters. The van der Waals surface area contributed by atoms with Crippen LogP contribution in [0.5, 0.6) is 0 Å². The summed E-state index contributed by atoms with van der Waals surface area (Å²) in [7, 11) is 0. The molecule has 3 aromatic carbocycles. The SMILES string of the molecule is Cc1cccc(NC(=O)Nc2ccc(N3CCC(Cc4ccccc4)CC3)c(C(=O)NCC(C)C)c2)c1C. The molecule has 6 nitrogen and oxygen atoms in total. The van der Waals surface area contributed by atoms with E-state index in [0.717, 1.165) is 54.9 Å². The number of anilines is 3. The van der Waals surface area contributed by atoms with Crippen molar-refractivity contribution in [1.29, 1.82) is 0 Å². The van der Waals surface area contributed by atoms with E-state index in [1.54, 1.807) is 6.07 Å². The van der Waals surface area contributed by atoms with Crippen LogP contribution in [0.2, 0.25) is 0 Å². The van der Waals surface area contributed by atoms with Crippen LogP contribution in [-0.4, -0.2) is 31.6 Å². The third-order valence-electron chi connectivity index (χ3n) is 7.35. The van der Waals surface area contributed by atoms with Gasteiger partial charge in [0.15, 0.2) is 0 Å². The molecule has 1 aliphatic rings. The maximum Gasteiger partial charge on any atom is 0.323 e. The fourth-order valence-corrected chi connectivity index (χ4v) is 4.96. The van der Waals surface area contributed by atoms with Crippen molar-refractivity contribution in [2.45, 2.75) is 47.0 Å². The highest BCUT2D eigenvalue weighted by atomic mass is 16.2. The van der Waals surface area contributed by atoms with Crippen LogP contribution in [0.3, 0.4) is 0 Å². The van der Waals surface area contributed by atoms with Crippen molar-refractivity contribution in [2.24, 2.45) is 11.8 Å². The van der Waals surface area contributed by atoms with Gasteiger partial charge < -0.3 is 20.9 Å².